The van der Waals surface area contributed by atoms with Gasteiger partial charge < -0.3 is 19.1 Å². The van der Waals surface area contributed by atoms with Crippen LogP contribution in [0.1, 0.15) is 23.4 Å². The Kier molecular flexibility index (Phi) is 7.29. The molecule has 0 atom stereocenters. The molecular weight excluding hydrogens is 338 g/mol. The average Bonchev–Trinajstić information content (AvgIpc) is 2.95. The summed E-state index contributed by atoms with van der Waals surface area (Å²) in [5.41, 5.74) is 0.689. The molecule has 1 aromatic carbocycles. The largest absolute Gasteiger partial charge is 0.451 e. The second kappa shape index (κ2) is 9.22. The van der Waals surface area contributed by atoms with Crippen molar-refractivity contribution in [1.29, 1.82) is 0 Å². The summed E-state index contributed by atoms with van der Waals surface area (Å²) in [6.07, 6.45) is 1.87. The molecule has 2 rings (SSSR count). The van der Waals surface area contributed by atoms with Gasteiger partial charge >= 0.3 is 0 Å². The van der Waals surface area contributed by atoms with Gasteiger partial charge in [-0.25, -0.2) is 0 Å². The first kappa shape index (κ1) is 19.8. The molecule has 0 aliphatic heterocycles. The van der Waals surface area contributed by atoms with Gasteiger partial charge in [-0.2, -0.15) is 0 Å². The van der Waals surface area contributed by atoms with Crippen molar-refractivity contribution >= 4 is 28.5 Å². The van der Waals surface area contributed by atoms with Gasteiger partial charge in [0.15, 0.2) is 5.76 Å². The predicted molar refractivity (Wildman–Crippen MR) is 103 cm³/mol. The number of benzene rings is 1. The lowest BCUT2D eigenvalue weighted by Crippen LogP contribution is -2.35. The van der Waals surface area contributed by atoms with Gasteiger partial charge in [-0.1, -0.05) is 11.6 Å². The molecule has 0 unspecified atom stereocenters. The van der Waals surface area contributed by atoms with Crippen molar-refractivity contribution in [3.63, 3.8) is 0 Å². The SMILES string of the molecule is CN(C)CCCN(CCCN(C)C)C(=O)c1cc2cc(Cl)ccc2o1. The van der Waals surface area contributed by atoms with Gasteiger partial charge in [-0.3, -0.25) is 4.79 Å². The zero-order valence-electron chi connectivity index (χ0n) is 15.6. The van der Waals surface area contributed by atoms with E-state index >= 15 is 0 Å². The maximum absolute atomic E-state index is 12.9. The number of furan rings is 1. The predicted octanol–water partition coefficient (Wildman–Crippen LogP) is 3.43. The van der Waals surface area contributed by atoms with E-state index in [4.69, 9.17) is 16.0 Å². The molecule has 0 saturated heterocycles. The van der Waals surface area contributed by atoms with Crippen LogP contribution in [0, 0.1) is 0 Å². The number of carbonyl (C=O) groups is 1. The van der Waals surface area contributed by atoms with Crippen molar-refractivity contribution < 1.29 is 9.21 Å². The zero-order chi connectivity index (χ0) is 18.4. The number of carbonyl (C=O) groups excluding carboxylic acids is 1. The van der Waals surface area contributed by atoms with Crippen LogP contribution in [0.4, 0.5) is 0 Å². The summed E-state index contributed by atoms with van der Waals surface area (Å²) in [7, 11) is 8.17. The van der Waals surface area contributed by atoms with Crippen molar-refractivity contribution in [1.82, 2.24) is 14.7 Å². The van der Waals surface area contributed by atoms with E-state index in [1.54, 1.807) is 18.2 Å². The van der Waals surface area contributed by atoms with Gasteiger partial charge in [-0.05, 0) is 78.4 Å². The Morgan fingerprint density at radius 3 is 2.12 bits per heavy atom. The number of nitrogens with zero attached hydrogens (tertiary/aromatic N) is 3. The van der Waals surface area contributed by atoms with Crippen LogP contribution in [0.25, 0.3) is 11.0 Å². The molecule has 0 aliphatic rings. The first-order valence-electron chi connectivity index (χ1n) is 8.64. The van der Waals surface area contributed by atoms with Crippen LogP contribution in [-0.2, 0) is 0 Å². The molecule has 0 saturated carbocycles. The Bertz CT molecular complexity index is 683. The fraction of sp³-hybridized carbons (Fsp3) is 0.526. The Hall–Kier alpha value is -1.56. The van der Waals surface area contributed by atoms with Gasteiger partial charge in [0.1, 0.15) is 5.58 Å². The molecule has 5 nitrogen and oxygen atoms in total. The highest BCUT2D eigenvalue weighted by Gasteiger charge is 2.19. The first-order chi connectivity index (χ1) is 11.9. The molecule has 1 aromatic heterocycles. The van der Waals surface area contributed by atoms with E-state index in [1.807, 2.05) is 39.2 Å². The van der Waals surface area contributed by atoms with Crippen molar-refractivity contribution in [3.8, 4) is 0 Å². The smallest absolute Gasteiger partial charge is 0.289 e. The number of hydrogen-bond acceptors (Lipinski definition) is 4. The Balaban J connectivity index is 2.10. The summed E-state index contributed by atoms with van der Waals surface area (Å²) in [4.78, 5) is 19.1. The summed E-state index contributed by atoms with van der Waals surface area (Å²) < 4.78 is 5.75. The molecule has 0 radical (unpaired) electrons. The van der Waals surface area contributed by atoms with Crippen LogP contribution in [0.3, 0.4) is 0 Å². The lowest BCUT2D eigenvalue weighted by molar-refractivity contribution is 0.0715. The molecular formula is C19H28ClN3O2. The minimum absolute atomic E-state index is 0.0511. The summed E-state index contributed by atoms with van der Waals surface area (Å²) in [5, 5.41) is 1.50. The van der Waals surface area contributed by atoms with E-state index in [0.717, 1.165) is 44.4 Å². The van der Waals surface area contributed by atoms with Gasteiger partial charge in [0.25, 0.3) is 5.91 Å². The third-order valence-corrected chi connectivity index (χ3v) is 4.28. The lowest BCUT2D eigenvalue weighted by atomic mass is 10.2. The first-order valence-corrected chi connectivity index (χ1v) is 9.02. The van der Waals surface area contributed by atoms with E-state index in [1.165, 1.54) is 0 Å². The number of amides is 1. The van der Waals surface area contributed by atoms with E-state index in [0.29, 0.717) is 16.4 Å². The van der Waals surface area contributed by atoms with Crippen LogP contribution in [-0.4, -0.2) is 75.0 Å². The summed E-state index contributed by atoms with van der Waals surface area (Å²) in [6.45, 7) is 3.35. The van der Waals surface area contributed by atoms with E-state index < -0.39 is 0 Å². The monoisotopic (exact) mass is 365 g/mol. The van der Waals surface area contributed by atoms with Crippen LogP contribution < -0.4 is 0 Å². The molecule has 25 heavy (non-hydrogen) atoms. The Morgan fingerprint density at radius 2 is 1.56 bits per heavy atom. The molecule has 1 amide bonds. The molecule has 0 N–H and O–H groups in total. The van der Waals surface area contributed by atoms with Crippen molar-refractivity contribution in [2.45, 2.75) is 12.8 Å². The number of fused-ring (bicyclic) bond motifs is 1. The van der Waals surface area contributed by atoms with Crippen molar-refractivity contribution in [2.75, 3.05) is 54.4 Å². The molecule has 1 heterocycles. The van der Waals surface area contributed by atoms with Gasteiger partial charge in [0, 0.05) is 23.5 Å². The Morgan fingerprint density at radius 1 is 0.960 bits per heavy atom. The molecule has 6 heteroatoms. The third kappa shape index (κ3) is 6.03. The van der Waals surface area contributed by atoms with Crippen molar-refractivity contribution in [3.05, 3.63) is 35.0 Å². The third-order valence-electron chi connectivity index (χ3n) is 4.04. The van der Waals surface area contributed by atoms with Crippen LogP contribution in [0.5, 0.6) is 0 Å². The van der Waals surface area contributed by atoms with Crippen LogP contribution in [0.15, 0.2) is 28.7 Å². The average molecular weight is 366 g/mol. The second-order valence-electron chi connectivity index (χ2n) is 6.90. The molecule has 2 aromatic rings. The standard InChI is InChI=1S/C19H28ClN3O2/c1-21(2)9-5-11-23(12-6-10-22(3)4)19(24)18-14-15-13-16(20)7-8-17(15)25-18/h7-8,13-14H,5-6,9-12H2,1-4H3. The summed E-state index contributed by atoms with van der Waals surface area (Å²) in [6, 6.07) is 7.18. The Labute approximate surface area is 155 Å². The van der Waals surface area contributed by atoms with Gasteiger partial charge in [0.2, 0.25) is 0 Å². The molecule has 0 fully saturated rings. The molecule has 0 spiro atoms. The fourth-order valence-electron chi connectivity index (χ4n) is 2.75. The lowest BCUT2D eigenvalue weighted by Gasteiger charge is -2.23. The summed E-state index contributed by atoms with van der Waals surface area (Å²) >= 11 is 6.02. The minimum atomic E-state index is -0.0511. The maximum Gasteiger partial charge on any atom is 0.289 e. The molecule has 0 bridgehead atoms. The number of halogens is 1. The maximum atomic E-state index is 12.9. The highest BCUT2D eigenvalue weighted by molar-refractivity contribution is 6.31. The highest BCUT2D eigenvalue weighted by atomic mass is 35.5. The topological polar surface area (TPSA) is 39.9 Å². The summed E-state index contributed by atoms with van der Waals surface area (Å²) in [5.74, 6) is 0.330. The van der Waals surface area contributed by atoms with E-state index in [2.05, 4.69) is 9.80 Å². The van der Waals surface area contributed by atoms with Crippen molar-refractivity contribution in [2.24, 2.45) is 0 Å². The zero-order valence-corrected chi connectivity index (χ0v) is 16.3. The van der Waals surface area contributed by atoms with Gasteiger partial charge in [-0.15, -0.1) is 0 Å². The normalized spacial score (nSPS) is 11.6. The quantitative estimate of drug-likeness (QED) is 0.682. The van der Waals surface area contributed by atoms with Crippen LogP contribution >= 0.6 is 11.6 Å². The second-order valence-corrected chi connectivity index (χ2v) is 7.34. The van der Waals surface area contributed by atoms with Gasteiger partial charge in [0.05, 0.1) is 0 Å². The fourth-order valence-corrected chi connectivity index (χ4v) is 2.93. The number of hydrogen-bond donors (Lipinski definition) is 0. The molecule has 0 aliphatic carbocycles. The van der Waals surface area contributed by atoms with E-state index in [-0.39, 0.29) is 5.91 Å². The molecule has 138 valence electrons. The van der Waals surface area contributed by atoms with E-state index in [9.17, 15) is 4.79 Å². The minimum Gasteiger partial charge on any atom is -0.451 e. The number of rotatable bonds is 9. The highest BCUT2D eigenvalue weighted by Crippen LogP contribution is 2.24. The van der Waals surface area contributed by atoms with Crippen LogP contribution in [0.2, 0.25) is 5.02 Å².